The summed E-state index contributed by atoms with van der Waals surface area (Å²) in [6.07, 6.45) is 3.99. The second-order valence-electron chi connectivity index (χ2n) is 4.26. The van der Waals surface area contributed by atoms with Crippen LogP contribution < -0.4 is 0 Å². The summed E-state index contributed by atoms with van der Waals surface area (Å²) in [5.41, 5.74) is 3.51. The smallest absolute Gasteiger partial charge is 0.143 e. The monoisotopic (exact) mass is 230 g/mol. The lowest BCUT2D eigenvalue weighted by Gasteiger charge is -2.09. The van der Waals surface area contributed by atoms with Gasteiger partial charge in [-0.2, -0.15) is 0 Å². The van der Waals surface area contributed by atoms with Crippen molar-refractivity contribution in [2.45, 2.75) is 39.5 Å². The number of fused-ring (bicyclic) bond motifs is 1. The minimum atomic E-state index is 0.218. The van der Waals surface area contributed by atoms with Crippen molar-refractivity contribution >= 4 is 11.0 Å². The lowest BCUT2D eigenvalue weighted by Crippen LogP contribution is -2.02. The van der Waals surface area contributed by atoms with Gasteiger partial charge in [-0.25, -0.2) is 9.97 Å². The highest BCUT2D eigenvalue weighted by atomic mass is 16.3. The summed E-state index contributed by atoms with van der Waals surface area (Å²) in [4.78, 5) is 9.19. The van der Waals surface area contributed by atoms with Crippen LogP contribution in [0.25, 0.3) is 11.0 Å². The van der Waals surface area contributed by atoms with Crippen LogP contribution in [-0.2, 0) is 12.8 Å². The number of hydrogen-bond acceptors (Lipinski definition) is 3. The predicted octanol–water partition coefficient (Wildman–Crippen LogP) is 3.24. The maximum absolute atomic E-state index is 9.78. The van der Waals surface area contributed by atoms with E-state index in [1.54, 1.807) is 6.07 Å². The Morgan fingerprint density at radius 3 is 2.29 bits per heavy atom. The van der Waals surface area contributed by atoms with E-state index in [-0.39, 0.29) is 5.75 Å². The molecule has 0 aliphatic rings. The molecule has 1 heterocycles. The Bertz CT molecular complexity index is 523. The van der Waals surface area contributed by atoms with Crippen LogP contribution in [0.4, 0.5) is 0 Å². The molecule has 2 rings (SSSR count). The van der Waals surface area contributed by atoms with E-state index in [1.807, 2.05) is 12.1 Å². The van der Waals surface area contributed by atoms with E-state index in [0.29, 0.717) is 5.52 Å². The van der Waals surface area contributed by atoms with Crippen LogP contribution in [0.3, 0.4) is 0 Å². The molecule has 0 aliphatic carbocycles. The van der Waals surface area contributed by atoms with Crippen molar-refractivity contribution in [2.24, 2.45) is 0 Å². The number of phenolic OH excluding ortho intramolecular Hbond substituents is 1. The standard InChI is InChI=1S/C14H18N2O/c1-3-6-10-11(7-4-2)16-14-12(15-10)8-5-9-13(14)17/h5,8-9,17H,3-4,6-7H2,1-2H3. The first kappa shape index (κ1) is 11.8. The van der Waals surface area contributed by atoms with E-state index in [9.17, 15) is 5.11 Å². The fraction of sp³-hybridized carbons (Fsp3) is 0.429. The van der Waals surface area contributed by atoms with Crippen molar-refractivity contribution < 1.29 is 5.11 Å². The zero-order valence-electron chi connectivity index (χ0n) is 10.4. The van der Waals surface area contributed by atoms with Gasteiger partial charge in [0.05, 0.1) is 16.9 Å². The molecule has 0 saturated carbocycles. The van der Waals surface area contributed by atoms with E-state index in [0.717, 1.165) is 42.6 Å². The van der Waals surface area contributed by atoms with Gasteiger partial charge < -0.3 is 5.11 Å². The minimum absolute atomic E-state index is 0.218. The number of aromatic hydroxyl groups is 1. The van der Waals surface area contributed by atoms with Crippen LogP contribution in [0, 0.1) is 0 Å². The SMILES string of the molecule is CCCc1nc2cccc(O)c2nc1CCC. The van der Waals surface area contributed by atoms with Crippen LogP contribution in [0.1, 0.15) is 38.1 Å². The number of nitrogens with zero attached hydrogens (tertiary/aromatic N) is 2. The quantitative estimate of drug-likeness (QED) is 0.877. The van der Waals surface area contributed by atoms with Crippen molar-refractivity contribution in [3.05, 3.63) is 29.6 Å². The Morgan fingerprint density at radius 1 is 1.00 bits per heavy atom. The Balaban J connectivity index is 2.59. The fourth-order valence-corrected chi connectivity index (χ4v) is 2.01. The molecule has 0 saturated heterocycles. The third kappa shape index (κ3) is 2.38. The number of phenols is 1. The molecule has 0 aliphatic heterocycles. The molecule has 0 bridgehead atoms. The zero-order chi connectivity index (χ0) is 12.3. The third-order valence-electron chi connectivity index (χ3n) is 2.80. The molecule has 0 amide bonds. The Labute approximate surface area is 102 Å². The lowest BCUT2D eigenvalue weighted by atomic mass is 10.1. The number of aryl methyl sites for hydroxylation is 2. The van der Waals surface area contributed by atoms with E-state index in [4.69, 9.17) is 0 Å². The minimum Gasteiger partial charge on any atom is -0.506 e. The summed E-state index contributed by atoms with van der Waals surface area (Å²) in [6.45, 7) is 4.27. The molecule has 3 heteroatoms. The van der Waals surface area contributed by atoms with Crippen molar-refractivity contribution in [1.29, 1.82) is 0 Å². The number of para-hydroxylation sites is 1. The van der Waals surface area contributed by atoms with E-state index < -0.39 is 0 Å². The molecule has 1 N–H and O–H groups in total. The van der Waals surface area contributed by atoms with Crippen LogP contribution in [0.2, 0.25) is 0 Å². The molecule has 0 unspecified atom stereocenters. The van der Waals surface area contributed by atoms with Gasteiger partial charge in [0.2, 0.25) is 0 Å². The maximum Gasteiger partial charge on any atom is 0.143 e. The Kier molecular flexibility index (Phi) is 3.57. The summed E-state index contributed by atoms with van der Waals surface area (Å²) >= 11 is 0. The fourth-order valence-electron chi connectivity index (χ4n) is 2.01. The van der Waals surface area contributed by atoms with Gasteiger partial charge in [-0.3, -0.25) is 0 Å². The highest BCUT2D eigenvalue weighted by Crippen LogP contribution is 2.23. The summed E-state index contributed by atoms with van der Waals surface area (Å²) in [5, 5.41) is 9.78. The summed E-state index contributed by atoms with van der Waals surface area (Å²) in [6, 6.07) is 5.37. The van der Waals surface area contributed by atoms with Crippen molar-refractivity contribution in [1.82, 2.24) is 9.97 Å². The average molecular weight is 230 g/mol. The van der Waals surface area contributed by atoms with Gasteiger partial charge in [0.1, 0.15) is 11.3 Å². The number of benzene rings is 1. The topological polar surface area (TPSA) is 46.0 Å². The molecule has 1 aromatic heterocycles. The Morgan fingerprint density at radius 2 is 1.65 bits per heavy atom. The van der Waals surface area contributed by atoms with Gasteiger partial charge >= 0.3 is 0 Å². The molecule has 1 aromatic carbocycles. The molecule has 0 radical (unpaired) electrons. The van der Waals surface area contributed by atoms with Gasteiger partial charge in [0, 0.05) is 0 Å². The van der Waals surface area contributed by atoms with E-state index in [2.05, 4.69) is 23.8 Å². The van der Waals surface area contributed by atoms with Crippen molar-refractivity contribution in [3.63, 3.8) is 0 Å². The van der Waals surface area contributed by atoms with Crippen LogP contribution >= 0.6 is 0 Å². The maximum atomic E-state index is 9.78. The molecule has 17 heavy (non-hydrogen) atoms. The van der Waals surface area contributed by atoms with Gasteiger partial charge in [0.25, 0.3) is 0 Å². The van der Waals surface area contributed by atoms with Crippen LogP contribution in [0.15, 0.2) is 18.2 Å². The zero-order valence-corrected chi connectivity index (χ0v) is 10.4. The molecular weight excluding hydrogens is 212 g/mol. The molecular formula is C14H18N2O. The molecule has 0 atom stereocenters. The summed E-state index contributed by atoms with van der Waals surface area (Å²) in [5.74, 6) is 0.218. The van der Waals surface area contributed by atoms with E-state index >= 15 is 0 Å². The first-order valence-electron chi connectivity index (χ1n) is 6.23. The van der Waals surface area contributed by atoms with Crippen LogP contribution in [0.5, 0.6) is 5.75 Å². The second-order valence-corrected chi connectivity index (χ2v) is 4.26. The first-order valence-corrected chi connectivity index (χ1v) is 6.23. The molecule has 2 aromatic rings. The van der Waals surface area contributed by atoms with Crippen LogP contribution in [-0.4, -0.2) is 15.1 Å². The number of hydrogen-bond donors (Lipinski definition) is 1. The number of aromatic nitrogens is 2. The van der Waals surface area contributed by atoms with Gasteiger partial charge in [0.15, 0.2) is 0 Å². The molecule has 0 fully saturated rings. The number of rotatable bonds is 4. The van der Waals surface area contributed by atoms with Crippen molar-refractivity contribution in [3.8, 4) is 5.75 Å². The predicted molar refractivity (Wildman–Crippen MR) is 69.2 cm³/mol. The van der Waals surface area contributed by atoms with Gasteiger partial charge in [-0.15, -0.1) is 0 Å². The Hall–Kier alpha value is -1.64. The summed E-state index contributed by atoms with van der Waals surface area (Å²) in [7, 11) is 0. The highest BCUT2D eigenvalue weighted by molar-refractivity contribution is 5.80. The molecule has 0 spiro atoms. The normalized spacial score (nSPS) is 10.9. The average Bonchev–Trinajstić information content (AvgIpc) is 2.32. The van der Waals surface area contributed by atoms with Crippen molar-refractivity contribution in [2.75, 3.05) is 0 Å². The second kappa shape index (κ2) is 5.13. The molecule has 90 valence electrons. The lowest BCUT2D eigenvalue weighted by molar-refractivity contribution is 0.480. The largest absolute Gasteiger partial charge is 0.506 e. The van der Waals surface area contributed by atoms with Gasteiger partial charge in [-0.05, 0) is 25.0 Å². The summed E-state index contributed by atoms with van der Waals surface area (Å²) < 4.78 is 0. The highest BCUT2D eigenvalue weighted by Gasteiger charge is 2.09. The molecule has 3 nitrogen and oxygen atoms in total. The van der Waals surface area contributed by atoms with E-state index in [1.165, 1.54) is 0 Å². The third-order valence-corrected chi connectivity index (χ3v) is 2.80. The van der Waals surface area contributed by atoms with Gasteiger partial charge in [-0.1, -0.05) is 32.8 Å². The first-order chi connectivity index (χ1) is 8.26.